The van der Waals surface area contributed by atoms with Crippen molar-refractivity contribution in [3.05, 3.63) is 72.9 Å². The Hall–Kier alpha value is -2.10. The van der Waals surface area contributed by atoms with E-state index in [1.54, 1.807) is 0 Å². The van der Waals surface area contributed by atoms with E-state index >= 15 is 0 Å². The smallest absolute Gasteiger partial charge is 0.457 e. The number of ether oxygens (including phenoxy) is 1. The molecule has 0 aliphatic carbocycles. The Kier molecular flexibility index (Phi) is 23.8. The first-order chi connectivity index (χ1) is 18.3. The number of esters is 1. The highest BCUT2D eigenvalue weighted by atomic mass is 31.2. The van der Waals surface area contributed by atoms with Gasteiger partial charge in [-0.2, -0.15) is 0 Å². The quantitative estimate of drug-likeness (QED) is 0.0788. The zero-order valence-corrected chi connectivity index (χ0v) is 23.2. The van der Waals surface area contributed by atoms with E-state index in [0.29, 0.717) is 6.42 Å². The highest BCUT2D eigenvalue weighted by Crippen LogP contribution is 2.43. The van der Waals surface area contributed by atoms with Crippen molar-refractivity contribution in [2.45, 2.75) is 70.5 Å². The molecule has 3 atom stereocenters. The van der Waals surface area contributed by atoms with Gasteiger partial charge in [0.25, 0.3) is 0 Å². The summed E-state index contributed by atoms with van der Waals surface area (Å²) < 4.78 is 25.8. The standard InChI is InChI=1S/C28H45O9P/c1-2-3-4-5-6-7-8-9-10-11-12-13-14-15-16-17-18-19-20-21-28(32)37-27(23-30)25-36-38(33,34)35-24-26(31)22-29/h3-4,6-7,9-10,12-13,15-16,18-19,26-27,29-31H,2,5,8,11,14,17,20-25H2,1H3,(H,33,34)/b4-3-,7-6-,10-9-,13-12-,16-15-,19-18-. The number of aliphatic hydroxyl groups is 3. The third kappa shape index (κ3) is 24.2. The largest absolute Gasteiger partial charge is 0.472 e. The predicted molar refractivity (Wildman–Crippen MR) is 149 cm³/mol. The van der Waals surface area contributed by atoms with Crippen molar-refractivity contribution >= 4 is 13.8 Å². The van der Waals surface area contributed by atoms with Gasteiger partial charge in [0, 0.05) is 6.42 Å². The number of carbonyl (C=O) groups is 1. The molecular weight excluding hydrogens is 511 g/mol. The summed E-state index contributed by atoms with van der Waals surface area (Å²) in [5, 5.41) is 27.1. The fraction of sp³-hybridized carbons (Fsp3) is 0.536. The summed E-state index contributed by atoms with van der Waals surface area (Å²) in [4.78, 5) is 21.4. The minimum absolute atomic E-state index is 0.0780. The van der Waals surface area contributed by atoms with E-state index in [2.05, 4.69) is 70.7 Å². The molecule has 0 amide bonds. The molecule has 10 heteroatoms. The summed E-state index contributed by atoms with van der Waals surface area (Å²) in [5.41, 5.74) is 0. The second-order valence-corrected chi connectivity index (χ2v) is 9.60. The van der Waals surface area contributed by atoms with Crippen LogP contribution in [0.15, 0.2) is 72.9 Å². The van der Waals surface area contributed by atoms with Gasteiger partial charge in [0.15, 0.2) is 0 Å². The Morgan fingerprint density at radius 1 is 0.737 bits per heavy atom. The van der Waals surface area contributed by atoms with Crippen LogP contribution in [0.25, 0.3) is 0 Å². The van der Waals surface area contributed by atoms with Crippen LogP contribution in [0.5, 0.6) is 0 Å². The molecule has 0 saturated carbocycles. The van der Waals surface area contributed by atoms with Gasteiger partial charge in [0.05, 0.1) is 26.4 Å². The molecule has 0 aliphatic heterocycles. The van der Waals surface area contributed by atoms with E-state index in [1.807, 2.05) is 18.2 Å². The van der Waals surface area contributed by atoms with Crippen molar-refractivity contribution in [1.82, 2.24) is 0 Å². The number of rotatable bonds is 23. The molecule has 0 rings (SSSR count). The van der Waals surface area contributed by atoms with Gasteiger partial charge in [-0.25, -0.2) is 4.57 Å². The summed E-state index contributed by atoms with van der Waals surface area (Å²) in [5.74, 6) is -0.587. The molecule has 0 saturated heterocycles. The fourth-order valence-electron chi connectivity index (χ4n) is 2.66. The number of hydrogen-bond acceptors (Lipinski definition) is 8. The molecule has 3 unspecified atom stereocenters. The second-order valence-electron chi connectivity index (χ2n) is 8.14. The van der Waals surface area contributed by atoms with E-state index in [1.165, 1.54) is 0 Å². The summed E-state index contributed by atoms with van der Waals surface area (Å²) in [6.07, 6.45) is 28.8. The molecular formula is C28H45O9P. The molecule has 0 spiro atoms. The number of allylic oxidation sites excluding steroid dienone is 12. The van der Waals surface area contributed by atoms with E-state index in [4.69, 9.17) is 14.9 Å². The molecule has 0 fully saturated rings. The van der Waals surface area contributed by atoms with Gasteiger partial charge in [-0.3, -0.25) is 13.8 Å². The molecule has 0 aromatic heterocycles. The molecule has 0 aliphatic rings. The maximum atomic E-state index is 11.9. The van der Waals surface area contributed by atoms with Gasteiger partial charge in [-0.15, -0.1) is 0 Å². The van der Waals surface area contributed by atoms with E-state index in [9.17, 15) is 19.4 Å². The molecule has 0 bridgehead atoms. The minimum Gasteiger partial charge on any atom is -0.457 e. The fourth-order valence-corrected chi connectivity index (χ4v) is 3.45. The molecule has 4 N–H and O–H groups in total. The first kappa shape index (κ1) is 35.9. The van der Waals surface area contributed by atoms with Crippen molar-refractivity contribution in [3.8, 4) is 0 Å². The van der Waals surface area contributed by atoms with Crippen LogP contribution in [0.2, 0.25) is 0 Å². The first-order valence-electron chi connectivity index (χ1n) is 13.0. The average Bonchev–Trinajstić information content (AvgIpc) is 2.90. The van der Waals surface area contributed by atoms with Crippen molar-refractivity contribution in [2.24, 2.45) is 0 Å². The average molecular weight is 557 g/mol. The van der Waals surface area contributed by atoms with Crippen molar-refractivity contribution < 1.29 is 43.4 Å². The van der Waals surface area contributed by atoms with Gasteiger partial charge in [-0.05, 0) is 44.9 Å². The van der Waals surface area contributed by atoms with Gasteiger partial charge >= 0.3 is 13.8 Å². The molecule has 0 aromatic rings. The Morgan fingerprint density at radius 2 is 1.18 bits per heavy atom. The minimum atomic E-state index is -4.53. The lowest BCUT2D eigenvalue weighted by Gasteiger charge is -2.18. The lowest BCUT2D eigenvalue weighted by atomic mass is 10.2. The SMILES string of the molecule is CC/C=C\C/C=C\C/C=C\C/C=C\C/C=C\C/C=C\CCC(=O)OC(CO)COP(=O)(O)OCC(O)CO. The number of phosphoric acid groups is 1. The predicted octanol–water partition coefficient (Wildman–Crippen LogP) is 4.86. The molecule has 9 nitrogen and oxygen atoms in total. The van der Waals surface area contributed by atoms with Crippen LogP contribution in [0.3, 0.4) is 0 Å². The van der Waals surface area contributed by atoms with Crippen molar-refractivity contribution in [1.29, 1.82) is 0 Å². The van der Waals surface area contributed by atoms with E-state index in [-0.39, 0.29) is 6.42 Å². The summed E-state index contributed by atoms with van der Waals surface area (Å²) >= 11 is 0. The van der Waals surface area contributed by atoms with Crippen LogP contribution < -0.4 is 0 Å². The first-order valence-corrected chi connectivity index (χ1v) is 14.4. The topological polar surface area (TPSA) is 143 Å². The van der Waals surface area contributed by atoms with Gasteiger partial charge in [0.2, 0.25) is 0 Å². The number of aliphatic hydroxyl groups excluding tert-OH is 3. The third-order valence-corrected chi connectivity index (χ3v) is 5.63. The molecule has 0 heterocycles. The normalized spacial score (nSPS) is 16.0. The molecule has 216 valence electrons. The third-order valence-electron chi connectivity index (χ3n) is 4.68. The van der Waals surface area contributed by atoms with Gasteiger partial charge in [0.1, 0.15) is 12.2 Å². The zero-order valence-electron chi connectivity index (χ0n) is 22.3. The Balaban J connectivity index is 3.93. The summed E-state index contributed by atoms with van der Waals surface area (Å²) in [6, 6.07) is 0. The zero-order chi connectivity index (χ0) is 28.3. The Bertz CT molecular complexity index is 815. The van der Waals surface area contributed by atoms with Crippen LogP contribution in [0, 0.1) is 0 Å². The summed E-state index contributed by atoms with van der Waals surface area (Å²) in [6.45, 7) is -0.298. The van der Waals surface area contributed by atoms with Crippen LogP contribution in [0.1, 0.15) is 58.3 Å². The lowest BCUT2D eigenvalue weighted by Crippen LogP contribution is -2.27. The molecule has 0 aromatic carbocycles. The molecule has 0 radical (unpaired) electrons. The van der Waals surface area contributed by atoms with Crippen LogP contribution in [-0.2, 0) is 23.1 Å². The van der Waals surface area contributed by atoms with Crippen LogP contribution >= 0.6 is 7.82 Å². The maximum absolute atomic E-state index is 11.9. The van der Waals surface area contributed by atoms with Crippen LogP contribution in [-0.4, -0.2) is 64.8 Å². The summed E-state index contributed by atoms with van der Waals surface area (Å²) in [7, 11) is -4.53. The Labute approximate surface area is 227 Å². The lowest BCUT2D eigenvalue weighted by molar-refractivity contribution is -0.153. The maximum Gasteiger partial charge on any atom is 0.472 e. The monoisotopic (exact) mass is 556 g/mol. The highest BCUT2D eigenvalue weighted by molar-refractivity contribution is 7.47. The molecule has 38 heavy (non-hydrogen) atoms. The van der Waals surface area contributed by atoms with E-state index in [0.717, 1.165) is 38.5 Å². The van der Waals surface area contributed by atoms with Crippen molar-refractivity contribution in [3.63, 3.8) is 0 Å². The number of carbonyl (C=O) groups excluding carboxylic acids is 1. The van der Waals surface area contributed by atoms with E-state index < -0.39 is 52.4 Å². The van der Waals surface area contributed by atoms with Crippen molar-refractivity contribution in [2.75, 3.05) is 26.4 Å². The van der Waals surface area contributed by atoms with Gasteiger partial charge in [-0.1, -0.05) is 79.8 Å². The highest BCUT2D eigenvalue weighted by Gasteiger charge is 2.25. The Morgan fingerprint density at radius 3 is 1.63 bits per heavy atom. The van der Waals surface area contributed by atoms with Crippen LogP contribution in [0.4, 0.5) is 0 Å². The number of hydrogen-bond donors (Lipinski definition) is 4. The second kappa shape index (κ2) is 25.2. The van der Waals surface area contributed by atoms with Gasteiger partial charge < -0.3 is 24.9 Å². The number of phosphoric ester groups is 1.